The normalized spacial score (nSPS) is 10.6. The molecule has 4 aromatic rings. The van der Waals surface area contributed by atoms with Crippen molar-refractivity contribution in [3.8, 4) is 22.9 Å². The Morgan fingerprint density at radius 1 is 0.759 bits per heavy atom. The summed E-state index contributed by atoms with van der Waals surface area (Å²) in [4.78, 5) is 12.4. The van der Waals surface area contributed by atoms with Gasteiger partial charge in [-0.25, -0.2) is 4.79 Å². The van der Waals surface area contributed by atoms with Crippen molar-refractivity contribution in [2.24, 2.45) is 0 Å². The molecule has 0 fully saturated rings. The summed E-state index contributed by atoms with van der Waals surface area (Å²) in [6.45, 7) is 0. The first-order chi connectivity index (χ1) is 14.1. The minimum absolute atomic E-state index is 0.289. The summed E-state index contributed by atoms with van der Waals surface area (Å²) in [6, 6.07) is 20.7. The number of hydrogen-bond acceptors (Lipinski definition) is 4. The lowest BCUT2D eigenvalue weighted by molar-refractivity contribution is 0.262. The van der Waals surface area contributed by atoms with Crippen LogP contribution in [0.2, 0.25) is 10.0 Å². The predicted molar refractivity (Wildman–Crippen MR) is 114 cm³/mol. The minimum Gasteiger partial charge on any atom is -0.416 e. The zero-order valence-corrected chi connectivity index (χ0v) is 16.4. The van der Waals surface area contributed by atoms with Gasteiger partial charge >= 0.3 is 6.03 Å². The number of carbonyl (C=O) groups excluding carboxylic acids is 1. The van der Waals surface area contributed by atoms with Crippen LogP contribution in [0.15, 0.2) is 77.2 Å². The van der Waals surface area contributed by atoms with E-state index in [9.17, 15) is 4.79 Å². The van der Waals surface area contributed by atoms with Crippen molar-refractivity contribution in [1.29, 1.82) is 0 Å². The van der Waals surface area contributed by atoms with Crippen LogP contribution in [0.3, 0.4) is 0 Å². The second-order valence-corrected chi connectivity index (χ2v) is 6.92. The van der Waals surface area contributed by atoms with Gasteiger partial charge in [-0.15, -0.1) is 10.2 Å². The second-order valence-electron chi connectivity index (χ2n) is 6.05. The van der Waals surface area contributed by atoms with E-state index in [-0.39, 0.29) is 5.89 Å². The molecular weight excluding hydrogens is 411 g/mol. The molecule has 4 rings (SSSR count). The molecule has 2 amide bonds. The first-order valence-electron chi connectivity index (χ1n) is 8.61. The van der Waals surface area contributed by atoms with E-state index in [0.717, 1.165) is 5.56 Å². The third-order valence-corrected chi connectivity index (χ3v) is 4.53. The van der Waals surface area contributed by atoms with Crippen LogP contribution < -0.4 is 10.6 Å². The number of benzene rings is 3. The fraction of sp³-hybridized carbons (Fsp3) is 0. The number of halogens is 2. The maximum atomic E-state index is 12.4. The molecule has 0 spiro atoms. The van der Waals surface area contributed by atoms with Gasteiger partial charge in [0.05, 0.1) is 11.3 Å². The molecule has 0 saturated carbocycles. The first kappa shape index (κ1) is 19.0. The van der Waals surface area contributed by atoms with Gasteiger partial charge in [0.2, 0.25) is 11.8 Å². The van der Waals surface area contributed by atoms with E-state index < -0.39 is 6.03 Å². The highest BCUT2D eigenvalue weighted by Gasteiger charge is 2.15. The van der Waals surface area contributed by atoms with Crippen molar-refractivity contribution in [1.82, 2.24) is 10.2 Å². The summed E-state index contributed by atoms with van der Waals surface area (Å²) >= 11 is 11.8. The van der Waals surface area contributed by atoms with Crippen molar-refractivity contribution in [2.75, 3.05) is 10.6 Å². The Morgan fingerprint density at radius 2 is 1.38 bits per heavy atom. The molecule has 0 unspecified atom stereocenters. The molecule has 0 radical (unpaired) electrons. The van der Waals surface area contributed by atoms with E-state index in [4.69, 9.17) is 27.6 Å². The van der Waals surface area contributed by atoms with Crippen molar-refractivity contribution in [3.05, 3.63) is 82.8 Å². The van der Waals surface area contributed by atoms with Crippen LogP contribution in [0.4, 0.5) is 16.2 Å². The summed E-state index contributed by atoms with van der Waals surface area (Å²) in [5, 5.41) is 15.0. The van der Waals surface area contributed by atoms with Gasteiger partial charge in [0.15, 0.2) is 0 Å². The number of rotatable bonds is 4. The molecule has 6 nitrogen and oxygen atoms in total. The summed E-state index contributed by atoms with van der Waals surface area (Å²) < 4.78 is 5.80. The molecule has 0 aliphatic rings. The average Bonchev–Trinajstić information content (AvgIpc) is 3.21. The molecule has 0 saturated heterocycles. The maximum absolute atomic E-state index is 12.4. The molecule has 144 valence electrons. The number of aromatic nitrogens is 2. The number of amides is 2. The standard InChI is InChI=1S/C21H14Cl2N4O2/c22-14-7-5-13(6-8-14)19-26-27-20(29-19)17-3-1-2-4-18(17)25-21(28)24-16-11-9-15(23)10-12-16/h1-12H,(H2,24,25,28). The molecule has 1 aromatic heterocycles. The van der Waals surface area contributed by atoms with Gasteiger partial charge < -0.3 is 15.1 Å². The van der Waals surface area contributed by atoms with Crippen LogP contribution in [0, 0.1) is 0 Å². The van der Waals surface area contributed by atoms with Crippen LogP contribution in [0.5, 0.6) is 0 Å². The Kier molecular flexibility index (Phi) is 5.46. The third kappa shape index (κ3) is 4.56. The van der Waals surface area contributed by atoms with Crippen LogP contribution >= 0.6 is 23.2 Å². The third-order valence-electron chi connectivity index (χ3n) is 4.02. The van der Waals surface area contributed by atoms with Gasteiger partial charge in [0, 0.05) is 21.3 Å². The van der Waals surface area contributed by atoms with Crippen LogP contribution in [-0.4, -0.2) is 16.2 Å². The lowest BCUT2D eigenvalue weighted by Gasteiger charge is -2.10. The molecule has 8 heteroatoms. The predicted octanol–water partition coefficient (Wildman–Crippen LogP) is 6.35. The summed E-state index contributed by atoms with van der Waals surface area (Å²) in [6.07, 6.45) is 0. The first-order valence-corrected chi connectivity index (χ1v) is 9.36. The van der Waals surface area contributed by atoms with E-state index in [2.05, 4.69) is 20.8 Å². The highest BCUT2D eigenvalue weighted by Crippen LogP contribution is 2.30. The van der Waals surface area contributed by atoms with Gasteiger partial charge in [0.25, 0.3) is 0 Å². The Hall–Kier alpha value is -3.35. The number of urea groups is 1. The Balaban J connectivity index is 1.54. The van der Waals surface area contributed by atoms with Gasteiger partial charge in [-0.3, -0.25) is 0 Å². The zero-order valence-electron chi connectivity index (χ0n) is 14.9. The van der Waals surface area contributed by atoms with Crippen molar-refractivity contribution in [2.45, 2.75) is 0 Å². The molecule has 1 heterocycles. The number of anilines is 2. The van der Waals surface area contributed by atoms with Gasteiger partial charge in [-0.05, 0) is 60.7 Å². The van der Waals surface area contributed by atoms with E-state index >= 15 is 0 Å². The molecule has 3 aromatic carbocycles. The fourth-order valence-electron chi connectivity index (χ4n) is 2.64. The maximum Gasteiger partial charge on any atom is 0.323 e. The van der Waals surface area contributed by atoms with Gasteiger partial charge in [-0.2, -0.15) is 0 Å². The van der Waals surface area contributed by atoms with E-state index in [1.807, 2.05) is 6.07 Å². The summed E-state index contributed by atoms with van der Waals surface area (Å²) in [7, 11) is 0. The number of hydrogen-bond donors (Lipinski definition) is 2. The highest BCUT2D eigenvalue weighted by atomic mass is 35.5. The lowest BCUT2D eigenvalue weighted by atomic mass is 10.2. The Morgan fingerprint density at radius 3 is 2.10 bits per heavy atom. The number of nitrogens with zero attached hydrogens (tertiary/aromatic N) is 2. The van der Waals surface area contributed by atoms with E-state index in [0.29, 0.717) is 32.9 Å². The lowest BCUT2D eigenvalue weighted by Crippen LogP contribution is -2.19. The molecular formula is C21H14Cl2N4O2. The second kappa shape index (κ2) is 8.34. The monoisotopic (exact) mass is 424 g/mol. The SMILES string of the molecule is O=C(Nc1ccc(Cl)cc1)Nc1ccccc1-c1nnc(-c2ccc(Cl)cc2)o1. The zero-order chi connectivity index (χ0) is 20.2. The quantitative estimate of drug-likeness (QED) is 0.399. The van der Waals surface area contributed by atoms with Crippen molar-refractivity contribution < 1.29 is 9.21 Å². The van der Waals surface area contributed by atoms with E-state index in [1.165, 1.54) is 0 Å². The van der Waals surface area contributed by atoms with Crippen LogP contribution in [0.25, 0.3) is 22.9 Å². The van der Waals surface area contributed by atoms with E-state index in [1.54, 1.807) is 66.7 Å². The molecule has 0 aliphatic carbocycles. The Bertz CT molecular complexity index is 1140. The smallest absolute Gasteiger partial charge is 0.323 e. The van der Waals surface area contributed by atoms with Gasteiger partial charge in [0.1, 0.15) is 0 Å². The number of para-hydroxylation sites is 1. The molecule has 0 aliphatic heterocycles. The summed E-state index contributed by atoms with van der Waals surface area (Å²) in [5.41, 5.74) is 2.50. The number of carbonyl (C=O) groups is 1. The number of nitrogens with one attached hydrogen (secondary N) is 2. The highest BCUT2D eigenvalue weighted by molar-refractivity contribution is 6.30. The topological polar surface area (TPSA) is 80.0 Å². The molecule has 0 bridgehead atoms. The molecule has 0 atom stereocenters. The largest absolute Gasteiger partial charge is 0.416 e. The minimum atomic E-state index is -0.405. The molecule has 2 N–H and O–H groups in total. The van der Waals surface area contributed by atoms with Crippen LogP contribution in [-0.2, 0) is 0 Å². The fourth-order valence-corrected chi connectivity index (χ4v) is 2.89. The summed E-state index contributed by atoms with van der Waals surface area (Å²) in [5.74, 6) is 0.648. The Labute approximate surface area is 176 Å². The van der Waals surface area contributed by atoms with Crippen molar-refractivity contribution in [3.63, 3.8) is 0 Å². The van der Waals surface area contributed by atoms with Gasteiger partial charge in [-0.1, -0.05) is 35.3 Å². The average molecular weight is 425 g/mol. The van der Waals surface area contributed by atoms with Crippen molar-refractivity contribution >= 4 is 40.6 Å². The van der Waals surface area contributed by atoms with Crippen LogP contribution in [0.1, 0.15) is 0 Å². The molecule has 29 heavy (non-hydrogen) atoms.